The summed E-state index contributed by atoms with van der Waals surface area (Å²) >= 11 is 0. The van der Waals surface area contributed by atoms with Gasteiger partial charge in [0.1, 0.15) is 0 Å². The summed E-state index contributed by atoms with van der Waals surface area (Å²) in [6.07, 6.45) is 8.33. The van der Waals surface area contributed by atoms with Crippen molar-refractivity contribution in [2.24, 2.45) is 5.92 Å². The van der Waals surface area contributed by atoms with E-state index in [9.17, 15) is 13.2 Å². The quantitative estimate of drug-likeness (QED) is 0.340. The molecule has 1 aliphatic rings. The van der Waals surface area contributed by atoms with E-state index in [0.29, 0.717) is 29.8 Å². The normalized spacial score (nSPS) is 18.4. The first-order valence-corrected chi connectivity index (χ1v) is 12.2. The molecule has 3 aromatic carbocycles. The highest BCUT2D eigenvalue weighted by Crippen LogP contribution is 2.38. The van der Waals surface area contributed by atoms with Crippen molar-refractivity contribution in [3.8, 4) is 16.9 Å². The summed E-state index contributed by atoms with van der Waals surface area (Å²) in [5.74, 6) is -1.04. The minimum atomic E-state index is -0.813. The van der Waals surface area contributed by atoms with E-state index in [1.54, 1.807) is 30.3 Å². The van der Waals surface area contributed by atoms with Crippen molar-refractivity contribution >= 4 is 6.08 Å². The Hall–Kier alpha value is -3.01. The number of hydrogen-bond donors (Lipinski definition) is 0. The zero-order valence-corrected chi connectivity index (χ0v) is 19.8. The Bertz CT molecular complexity index is 1140. The molecule has 1 saturated carbocycles. The van der Waals surface area contributed by atoms with Crippen LogP contribution in [0.1, 0.15) is 62.1 Å². The van der Waals surface area contributed by atoms with E-state index in [4.69, 9.17) is 4.74 Å². The minimum absolute atomic E-state index is 0.266. The summed E-state index contributed by atoms with van der Waals surface area (Å²) in [6, 6.07) is 16.1. The zero-order chi connectivity index (χ0) is 24.1. The Balaban J connectivity index is 1.40. The number of allylic oxidation sites excluding steroid dienone is 1. The summed E-state index contributed by atoms with van der Waals surface area (Å²) in [4.78, 5) is 0. The number of halogens is 3. The van der Waals surface area contributed by atoms with Crippen LogP contribution in [0, 0.1) is 23.4 Å². The van der Waals surface area contributed by atoms with Crippen LogP contribution >= 0.6 is 0 Å². The van der Waals surface area contributed by atoms with Crippen LogP contribution in [0.3, 0.4) is 0 Å². The van der Waals surface area contributed by atoms with Gasteiger partial charge in [0.05, 0.1) is 6.61 Å². The van der Waals surface area contributed by atoms with Crippen LogP contribution in [-0.4, -0.2) is 6.61 Å². The lowest BCUT2D eigenvalue weighted by Gasteiger charge is -2.27. The molecule has 0 bridgehead atoms. The Morgan fingerprint density at radius 1 is 0.853 bits per heavy atom. The smallest absolute Gasteiger partial charge is 0.167 e. The van der Waals surface area contributed by atoms with E-state index in [1.807, 2.05) is 43.3 Å². The maximum absolute atomic E-state index is 14.8. The molecule has 4 rings (SSSR count). The second kappa shape index (κ2) is 10.9. The second-order valence-electron chi connectivity index (χ2n) is 8.97. The number of hydrogen-bond acceptors (Lipinski definition) is 1. The Kier molecular flexibility index (Phi) is 7.77. The maximum Gasteiger partial charge on any atom is 0.167 e. The maximum atomic E-state index is 14.8. The Labute approximate surface area is 200 Å². The third-order valence-electron chi connectivity index (χ3n) is 6.83. The average Bonchev–Trinajstić information content (AvgIpc) is 2.87. The van der Waals surface area contributed by atoms with Gasteiger partial charge in [0.25, 0.3) is 0 Å². The van der Waals surface area contributed by atoms with Crippen LogP contribution in [0.25, 0.3) is 17.2 Å². The molecule has 178 valence electrons. The SMILES string of the molecule is CCOc1ccc(C2CCC(/C=C/c3ccc(-c4ccc(CC)cc4)c(F)c3F)CC2)cc1F. The van der Waals surface area contributed by atoms with E-state index < -0.39 is 11.6 Å². The predicted molar refractivity (Wildman–Crippen MR) is 132 cm³/mol. The van der Waals surface area contributed by atoms with E-state index in [0.717, 1.165) is 43.2 Å². The van der Waals surface area contributed by atoms with Crippen molar-refractivity contribution in [3.63, 3.8) is 0 Å². The van der Waals surface area contributed by atoms with E-state index in [-0.39, 0.29) is 16.9 Å². The Morgan fingerprint density at radius 2 is 1.59 bits per heavy atom. The molecular formula is C30H31F3O. The lowest BCUT2D eigenvalue weighted by molar-refractivity contribution is 0.320. The summed E-state index contributed by atoms with van der Waals surface area (Å²) in [5, 5.41) is 0. The molecule has 1 aliphatic carbocycles. The van der Waals surface area contributed by atoms with Crippen molar-refractivity contribution in [1.29, 1.82) is 0 Å². The third-order valence-corrected chi connectivity index (χ3v) is 6.83. The predicted octanol–water partition coefficient (Wildman–Crippen LogP) is 8.72. The summed E-state index contributed by atoms with van der Waals surface area (Å²) < 4.78 is 49.1. The molecule has 0 aromatic heterocycles. The van der Waals surface area contributed by atoms with Gasteiger partial charge in [-0.1, -0.05) is 61.5 Å². The molecule has 4 heteroatoms. The second-order valence-corrected chi connectivity index (χ2v) is 8.97. The molecule has 0 spiro atoms. The molecule has 1 fully saturated rings. The number of rotatable bonds is 7. The topological polar surface area (TPSA) is 9.23 Å². The molecule has 0 atom stereocenters. The third kappa shape index (κ3) is 5.38. The fourth-order valence-corrected chi connectivity index (χ4v) is 4.76. The Morgan fingerprint density at radius 3 is 2.24 bits per heavy atom. The first-order valence-electron chi connectivity index (χ1n) is 12.2. The van der Waals surface area contributed by atoms with Crippen molar-refractivity contribution in [2.45, 2.75) is 51.9 Å². The lowest BCUT2D eigenvalue weighted by atomic mass is 9.78. The molecule has 0 radical (unpaired) electrons. The lowest BCUT2D eigenvalue weighted by Crippen LogP contribution is -2.12. The van der Waals surface area contributed by atoms with Crippen LogP contribution in [0.2, 0.25) is 0 Å². The van der Waals surface area contributed by atoms with Crippen molar-refractivity contribution in [3.05, 3.63) is 94.8 Å². The van der Waals surface area contributed by atoms with E-state index >= 15 is 0 Å². The average molecular weight is 465 g/mol. The van der Waals surface area contributed by atoms with Gasteiger partial charge >= 0.3 is 0 Å². The minimum Gasteiger partial charge on any atom is -0.491 e. The number of aryl methyl sites for hydroxylation is 1. The number of ether oxygens (including phenoxy) is 1. The van der Waals surface area contributed by atoms with Gasteiger partial charge in [-0.05, 0) is 79.7 Å². The van der Waals surface area contributed by atoms with Gasteiger partial charge in [0, 0.05) is 11.1 Å². The van der Waals surface area contributed by atoms with Crippen LogP contribution in [-0.2, 0) is 6.42 Å². The molecule has 0 aliphatic heterocycles. The van der Waals surface area contributed by atoms with Gasteiger partial charge in [0.15, 0.2) is 23.2 Å². The molecule has 0 saturated heterocycles. The van der Waals surface area contributed by atoms with Crippen LogP contribution in [0.15, 0.2) is 60.7 Å². The van der Waals surface area contributed by atoms with Gasteiger partial charge in [-0.2, -0.15) is 0 Å². The number of benzene rings is 3. The monoisotopic (exact) mass is 464 g/mol. The van der Waals surface area contributed by atoms with Crippen molar-refractivity contribution in [2.75, 3.05) is 6.61 Å². The fraction of sp³-hybridized carbons (Fsp3) is 0.333. The van der Waals surface area contributed by atoms with E-state index in [1.165, 1.54) is 0 Å². The van der Waals surface area contributed by atoms with E-state index in [2.05, 4.69) is 6.92 Å². The first kappa shape index (κ1) is 24.1. The van der Waals surface area contributed by atoms with Crippen molar-refractivity contribution < 1.29 is 17.9 Å². The summed E-state index contributed by atoms with van der Waals surface area (Å²) in [5.41, 5.74) is 3.38. The molecular weight excluding hydrogens is 433 g/mol. The van der Waals surface area contributed by atoms with Crippen LogP contribution in [0.4, 0.5) is 13.2 Å². The van der Waals surface area contributed by atoms with Crippen molar-refractivity contribution in [1.82, 2.24) is 0 Å². The van der Waals surface area contributed by atoms with Gasteiger partial charge in [-0.25, -0.2) is 13.2 Å². The summed E-state index contributed by atoms with van der Waals surface area (Å²) in [7, 11) is 0. The zero-order valence-electron chi connectivity index (χ0n) is 19.8. The molecule has 0 N–H and O–H groups in total. The van der Waals surface area contributed by atoms with Gasteiger partial charge in [-0.3, -0.25) is 0 Å². The molecule has 34 heavy (non-hydrogen) atoms. The highest BCUT2D eigenvalue weighted by molar-refractivity contribution is 5.67. The van der Waals surface area contributed by atoms with Crippen LogP contribution < -0.4 is 4.74 Å². The van der Waals surface area contributed by atoms with Gasteiger partial charge < -0.3 is 4.74 Å². The molecule has 3 aromatic rings. The highest BCUT2D eigenvalue weighted by Gasteiger charge is 2.22. The standard InChI is InChI=1S/C30H31F3O/c1-3-20-5-12-23(13-6-20)26-17-15-24(29(32)30(26)33)14-9-21-7-10-22(11-8-21)25-16-18-28(34-4-2)27(31)19-25/h5-6,9,12-19,21-22H,3-4,7-8,10-11H2,1-2H3/b14-9+. The molecule has 0 amide bonds. The fourth-order valence-electron chi connectivity index (χ4n) is 4.76. The summed E-state index contributed by atoms with van der Waals surface area (Å²) in [6.45, 7) is 4.33. The molecule has 0 heterocycles. The van der Waals surface area contributed by atoms with Gasteiger partial charge in [-0.15, -0.1) is 0 Å². The largest absolute Gasteiger partial charge is 0.491 e. The first-order chi connectivity index (χ1) is 16.5. The van der Waals surface area contributed by atoms with Gasteiger partial charge in [0.2, 0.25) is 0 Å². The molecule has 1 nitrogen and oxygen atoms in total. The highest BCUT2D eigenvalue weighted by atomic mass is 19.2. The molecule has 0 unspecified atom stereocenters. The van der Waals surface area contributed by atoms with Crippen LogP contribution in [0.5, 0.6) is 5.75 Å².